The Morgan fingerprint density at radius 1 is 1.15 bits per heavy atom. The predicted molar refractivity (Wildman–Crippen MR) is 95.9 cm³/mol. The quantitative estimate of drug-likeness (QED) is 0.711. The van der Waals surface area contributed by atoms with Crippen LogP contribution in [0.15, 0.2) is 28.7 Å². The average molecular weight is 356 g/mol. The van der Waals surface area contributed by atoms with Crippen molar-refractivity contribution in [2.24, 2.45) is 5.92 Å². The zero-order chi connectivity index (χ0) is 18.1. The van der Waals surface area contributed by atoms with Gasteiger partial charge in [0.2, 0.25) is 5.82 Å². The lowest BCUT2D eigenvalue weighted by atomic mass is 9.98. The molecule has 0 N–H and O–H groups in total. The number of para-hydroxylation sites is 2. The van der Waals surface area contributed by atoms with Gasteiger partial charge >= 0.3 is 0 Å². The summed E-state index contributed by atoms with van der Waals surface area (Å²) in [6.07, 6.45) is 1.87. The highest BCUT2D eigenvalue weighted by molar-refractivity contribution is 5.74. The fraction of sp³-hybridized carbons (Fsp3) is 0.421. The van der Waals surface area contributed by atoms with Crippen LogP contribution in [-0.4, -0.2) is 34.6 Å². The van der Waals surface area contributed by atoms with Gasteiger partial charge in [-0.3, -0.25) is 0 Å². The van der Waals surface area contributed by atoms with Crippen molar-refractivity contribution in [1.82, 2.24) is 15.0 Å². The van der Waals surface area contributed by atoms with Crippen LogP contribution in [-0.2, 0) is 0 Å². The first kappa shape index (κ1) is 16.8. The first-order valence-corrected chi connectivity index (χ1v) is 8.84. The largest absolute Gasteiger partial charge is 0.475 e. The number of piperidine rings is 1. The van der Waals surface area contributed by atoms with Gasteiger partial charge in [-0.25, -0.2) is 4.98 Å². The Hall–Kier alpha value is -2.70. The fourth-order valence-electron chi connectivity index (χ4n) is 3.25. The third-order valence-electron chi connectivity index (χ3n) is 4.72. The highest BCUT2D eigenvalue weighted by Crippen LogP contribution is 2.27. The first-order chi connectivity index (χ1) is 12.6. The van der Waals surface area contributed by atoms with Crippen LogP contribution < -0.4 is 9.64 Å². The number of aryl methyl sites for hydroxylation is 2. The number of rotatable bonds is 4. The molecule has 0 atom stereocenters. The molecule has 0 aliphatic carbocycles. The zero-order valence-corrected chi connectivity index (χ0v) is 14.9. The maximum absolute atomic E-state index is 14.0. The number of hydrogen-bond acceptors (Lipinski definition) is 6. The van der Waals surface area contributed by atoms with E-state index in [4.69, 9.17) is 9.15 Å². The average Bonchev–Trinajstić information content (AvgIpc) is 3.08. The summed E-state index contributed by atoms with van der Waals surface area (Å²) in [6.45, 7) is 5.48. The van der Waals surface area contributed by atoms with E-state index in [0.717, 1.165) is 37.0 Å². The number of anilines is 1. The number of benzene rings is 1. The van der Waals surface area contributed by atoms with Gasteiger partial charge in [0.25, 0.3) is 11.9 Å². The normalized spacial score (nSPS) is 15.6. The molecule has 6 nitrogen and oxygen atoms in total. The highest BCUT2D eigenvalue weighted by atomic mass is 19.1. The van der Waals surface area contributed by atoms with E-state index in [0.29, 0.717) is 30.1 Å². The van der Waals surface area contributed by atoms with Crippen LogP contribution in [0, 0.1) is 25.6 Å². The van der Waals surface area contributed by atoms with Crippen molar-refractivity contribution in [2.45, 2.75) is 26.7 Å². The van der Waals surface area contributed by atoms with Gasteiger partial charge in [-0.2, -0.15) is 14.4 Å². The summed E-state index contributed by atoms with van der Waals surface area (Å²) in [5.41, 5.74) is 1.99. The van der Waals surface area contributed by atoms with E-state index in [1.54, 1.807) is 13.8 Å². The van der Waals surface area contributed by atoms with Gasteiger partial charge in [-0.1, -0.05) is 12.1 Å². The van der Waals surface area contributed by atoms with Crippen molar-refractivity contribution in [3.8, 4) is 5.88 Å². The Bertz CT molecular complexity index is 886. The number of fused-ring (bicyclic) bond motifs is 1. The van der Waals surface area contributed by atoms with E-state index in [1.807, 2.05) is 24.3 Å². The smallest absolute Gasteiger partial charge is 0.298 e. The van der Waals surface area contributed by atoms with Crippen molar-refractivity contribution in [3.63, 3.8) is 0 Å². The Morgan fingerprint density at radius 2 is 1.92 bits per heavy atom. The topological polar surface area (TPSA) is 64.3 Å². The molecule has 1 aliphatic rings. The molecule has 0 unspecified atom stereocenters. The van der Waals surface area contributed by atoms with Crippen LogP contribution in [0.4, 0.5) is 10.4 Å². The van der Waals surface area contributed by atoms with E-state index in [1.165, 1.54) is 0 Å². The lowest BCUT2D eigenvalue weighted by molar-refractivity contribution is 0.205. The zero-order valence-electron chi connectivity index (χ0n) is 14.9. The third-order valence-corrected chi connectivity index (χ3v) is 4.72. The minimum Gasteiger partial charge on any atom is -0.475 e. The minimum absolute atomic E-state index is 0.0522. The molecule has 1 aliphatic heterocycles. The molecule has 0 bridgehead atoms. The van der Waals surface area contributed by atoms with Gasteiger partial charge in [0.05, 0.1) is 12.3 Å². The number of ether oxygens (including phenoxy) is 1. The lowest BCUT2D eigenvalue weighted by Crippen LogP contribution is -2.35. The van der Waals surface area contributed by atoms with Crippen LogP contribution in [0.3, 0.4) is 0 Å². The molecule has 136 valence electrons. The summed E-state index contributed by atoms with van der Waals surface area (Å²) in [4.78, 5) is 14.8. The van der Waals surface area contributed by atoms with Crippen LogP contribution in [0.25, 0.3) is 11.1 Å². The molecule has 0 spiro atoms. The molecule has 4 rings (SSSR count). The third kappa shape index (κ3) is 3.34. The monoisotopic (exact) mass is 356 g/mol. The molecule has 3 heterocycles. The Labute approximate surface area is 151 Å². The van der Waals surface area contributed by atoms with Crippen molar-refractivity contribution in [2.75, 3.05) is 24.6 Å². The molecule has 3 aromatic rings. The summed E-state index contributed by atoms with van der Waals surface area (Å²) in [7, 11) is 0. The molecule has 7 heteroatoms. The molecule has 1 aromatic carbocycles. The van der Waals surface area contributed by atoms with Gasteiger partial charge in [0.15, 0.2) is 5.58 Å². The number of nitrogens with zero attached hydrogens (tertiary/aromatic N) is 4. The molecular weight excluding hydrogens is 335 g/mol. The molecule has 0 amide bonds. The van der Waals surface area contributed by atoms with Gasteiger partial charge in [-0.15, -0.1) is 0 Å². The second-order valence-corrected chi connectivity index (χ2v) is 6.68. The van der Waals surface area contributed by atoms with Crippen molar-refractivity contribution >= 4 is 17.1 Å². The van der Waals surface area contributed by atoms with E-state index >= 15 is 0 Å². The van der Waals surface area contributed by atoms with Crippen LogP contribution in [0.2, 0.25) is 0 Å². The van der Waals surface area contributed by atoms with Crippen LogP contribution >= 0.6 is 0 Å². The predicted octanol–water partition coefficient (Wildman–Crippen LogP) is 3.67. The van der Waals surface area contributed by atoms with E-state index < -0.39 is 5.82 Å². The van der Waals surface area contributed by atoms with Gasteiger partial charge in [0.1, 0.15) is 11.3 Å². The maximum atomic E-state index is 14.0. The summed E-state index contributed by atoms with van der Waals surface area (Å²) in [5.74, 6) is 0.450. The lowest BCUT2D eigenvalue weighted by Gasteiger charge is -2.30. The van der Waals surface area contributed by atoms with Crippen molar-refractivity contribution < 1.29 is 13.5 Å². The summed E-state index contributed by atoms with van der Waals surface area (Å²) >= 11 is 0. The molecule has 1 fully saturated rings. The molecule has 1 saturated heterocycles. The van der Waals surface area contributed by atoms with E-state index in [-0.39, 0.29) is 5.88 Å². The molecule has 0 radical (unpaired) electrons. The number of halogens is 1. The van der Waals surface area contributed by atoms with Crippen LogP contribution in [0.1, 0.15) is 24.4 Å². The van der Waals surface area contributed by atoms with Crippen molar-refractivity contribution in [3.05, 3.63) is 41.6 Å². The van der Waals surface area contributed by atoms with Crippen LogP contribution in [0.5, 0.6) is 5.88 Å². The highest BCUT2D eigenvalue weighted by Gasteiger charge is 2.24. The van der Waals surface area contributed by atoms with Gasteiger partial charge in [0, 0.05) is 13.1 Å². The Balaban J connectivity index is 1.35. The first-order valence-electron chi connectivity index (χ1n) is 8.84. The SMILES string of the molecule is Cc1nc(C)c(F)c(OCC2CCN(c3nc4ccccc4o3)CC2)n1. The molecular formula is C19H21FN4O2. The fourth-order valence-corrected chi connectivity index (χ4v) is 3.25. The maximum Gasteiger partial charge on any atom is 0.298 e. The Kier molecular flexibility index (Phi) is 4.44. The van der Waals surface area contributed by atoms with E-state index in [9.17, 15) is 4.39 Å². The summed E-state index contributed by atoms with van der Waals surface area (Å²) in [6, 6.07) is 8.43. The Morgan fingerprint density at radius 3 is 2.69 bits per heavy atom. The number of hydrogen-bond donors (Lipinski definition) is 0. The van der Waals surface area contributed by atoms with Gasteiger partial charge < -0.3 is 14.1 Å². The van der Waals surface area contributed by atoms with E-state index in [2.05, 4.69) is 19.9 Å². The molecule has 0 saturated carbocycles. The summed E-state index contributed by atoms with van der Waals surface area (Å²) < 4.78 is 25.5. The minimum atomic E-state index is -0.473. The molecule has 2 aromatic heterocycles. The number of oxazole rings is 1. The molecule has 26 heavy (non-hydrogen) atoms. The second kappa shape index (κ2) is 6.90. The van der Waals surface area contributed by atoms with Gasteiger partial charge in [-0.05, 0) is 44.7 Å². The number of aromatic nitrogens is 3. The standard InChI is InChI=1S/C19H21FN4O2/c1-12-17(20)18(22-13(2)21-12)25-11-14-7-9-24(10-8-14)19-23-15-5-3-4-6-16(15)26-19/h3-6,14H,7-11H2,1-2H3. The van der Waals surface area contributed by atoms with Crippen molar-refractivity contribution in [1.29, 1.82) is 0 Å². The summed E-state index contributed by atoms with van der Waals surface area (Å²) in [5, 5.41) is 0. The second-order valence-electron chi connectivity index (χ2n) is 6.68.